The first-order chi connectivity index (χ1) is 18.2. The predicted molar refractivity (Wildman–Crippen MR) is 144 cm³/mol. The third-order valence-corrected chi connectivity index (χ3v) is 5.13. The molecular formula is C28H29N5O5. The number of anilines is 3. The molecule has 0 fully saturated rings. The Hall–Kier alpha value is -4.73. The van der Waals surface area contributed by atoms with Gasteiger partial charge in [0.25, 0.3) is 0 Å². The smallest absolute Gasteiger partial charge is 0.412 e. The zero-order valence-electron chi connectivity index (χ0n) is 21.6. The Kier molecular flexibility index (Phi) is 8.00. The molecule has 0 saturated carbocycles. The standard InChI is InChI=1S/C28H29N5O5/c1-5-36-26(34)22-15-31-25(16-30-22)33-24-14-18(12-13-29-24)17-37-23-11-10-21(19-8-6-7-9-20(19)23)32-27(35)38-28(2,3)4/h6-16H,5,17H2,1-4H3,(H,32,35)(H,29,31,33). The van der Waals surface area contributed by atoms with Crippen LogP contribution in [0.4, 0.5) is 22.1 Å². The quantitative estimate of drug-likeness (QED) is 0.277. The van der Waals surface area contributed by atoms with Crippen molar-refractivity contribution in [1.82, 2.24) is 15.0 Å². The number of hydrogen-bond donors (Lipinski definition) is 2. The highest BCUT2D eigenvalue weighted by Gasteiger charge is 2.17. The molecule has 1 amide bonds. The van der Waals surface area contributed by atoms with Crippen LogP contribution in [0.15, 0.2) is 67.1 Å². The second-order valence-corrected chi connectivity index (χ2v) is 9.25. The first-order valence-corrected chi connectivity index (χ1v) is 12.1. The zero-order valence-corrected chi connectivity index (χ0v) is 21.6. The molecule has 10 heteroatoms. The van der Waals surface area contributed by atoms with Crippen LogP contribution in [0.2, 0.25) is 0 Å². The van der Waals surface area contributed by atoms with Gasteiger partial charge in [0.1, 0.15) is 29.6 Å². The number of nitrogens with zero attached hydrogens (tertiary/aromatic N) is 3. The van der Waals surface area contributed by atoms with Crippen LogP contribution in [0.3, 0.4) is 0 Å². The number of benzene rings is 2. The van der Waals surface area contributed by atoms with Crippen LogP contribution in [0.1, 0.15) is 43.7 Å². The summed E-state index contributed by atoms with van der Waals surface area (Å²) < 4.78 is 16.4. The van der Waals surface area contributed by atoms with E-state index in [0.717, 1.165) is 16.3 Å². The van der Waals surface area contributed by atoms with Gasteiger partial charge in [-0.05, 0) is 57.5 Å². The molecule has 0 radical (unpaired) electrons. The molecular weight excluding hydrogens is 486 g/mol. The van der Waals surface area contributed by atoms with Crippen LogP contribution in [0, 0.1) is 0 Å². The first kappa shape index (κ1) is 26.3. The number of hydrogen-bond acceptors (Lipinski definition) is 9. The summed E-state index contributed by atoms with van der Waals surface area (Å²) in [6.07, 6.45) is 3.93. The summed E-state index contributed by atoms with van der Waals surface area (Å²) in [6, 6.07) is 14.9. The molecule has 0 spiro atoms. The van der Waals surface area contributed by atoms with Gasteiger partial charge in [0.2, 0.25) is 0 Å². The van der Waals surface area contributed by atoms with E-state index in [1.165, 1.54) is 12.4 Å². The molecule has 0 aliphatic heterocycles. The predicted octanol–water partition coefficient (Wildman–Crippen LogP) is 5.87. The molecule has 4 aromatic rings. The van der Waals surface area contributed by atoms with Crippen LogP contribution in [0.5, 0.6) is 5.75 Å². The van der Waals surface area contributed by atoms with E-state index in [2.05, 4.69) is 25.6 Å². The van der Waals surface area contributed by atoms with Crippen molar-refractivity contribution in [2.75, 3.05) is 17.2 Å². The molecule has 2 heterocycles. The van der Waals surface area contributed by atoms with Crippen LogP contribution < -0.4 is 15.4 Å². The monoisotopic (exact) mass is 515 g/mol. The maximum absolute atomic E-state index is 12.3. The summed E-state index contributed by atoms with van der Waals surface area (Å²) in [5.41, 5.74) is 1.04. The van der Waals surface area contributed by atoms with Gasteiger partial charge in [-0.1, -0.05) is 24.3 Å². The van der Waals surface area contributed by atoms with E-state index in [4.69, 9.17) is 14.2 Å². The molecule has 196 valence electrons. The number of rotatable bonds is 8. The minimum atomic E-state index is -0.597. The van der Waals surface area contributed by atoms with E-state index >= 15 is 0 Å². The summed E-state index contributed by atoms with van der Waals surface area (Å²) in [4.78, 5) is 36.6. The van der Waals surface area contributed by atoms with Crippen molar-refractivity contribution in [3.05, 3.63) is 78.4 Å². The fraction of sp³-hybridized carbons (Fsp3) is 0.250. The van der Waals surface area contributed by atoms with Gasteiger partial charge < -0.3 is 19.5 Å². The van der Waals surface area contributed by atoms with Gasteiger partial charge in [-0.25, -0.2) is 24.5 Å². The van der Waals surface area contributed by atoms with E-state index in [1.807, 2.05) is 63.2 Å². The lowest BCUT2D eigenvalue weighted by molar-refractivity contribution is 0.0518. The molecule has 0 aliphatic carbocycles. The zero-order chi connectivity index (χ0) is 27.1. The van der Waals surface area contributed by atoms with Crippen molar-refractivity contribution in [2.45, 2.75) is 39.9 Å². The minimum absolute atomic E-state index is 0.132. The number of aromatic nitrogens is 3. The van der Waals surface area contributed by atoms with Crippen molar-refractivity contribution < 1.29 is 23.8 Å². The highest BCUT2D eigenvalue weighted by atomic mass is 16.6. The average molecular weight is 516 g/mol. The molecule has 0 unspecified atom stereocenters. The van der Waals surface area contributed by atoms with Crippen molar-refractivity contribution in [3.8, 4) is 5.75 Å². The fourth-order valence-electron chi connectivity index (χ4n) is 3.55. The van der Waals surface area contributed by atoms with Gasteiger partial charge in [-0.3, -0.25) is 5.32 Å². The van der Waals surface area contributed by atoms with Gasteiger partial charge >= 0.3 is 12.1 Å². The van der Waals surface area contributed by atoms with Gasteiger partial charge in [0.05, 0.1) is 24.7 Å². The number of fused-ring (bicyclic) bond motifs is 1. The van der Waals surface area contributed by atoms with Crippen molar-refractivity contribution >= 4 is 40.2 Å². The summed E-state index contributed by atoms with van der Waals surface area (Å²) in [5.74, 6) is 1.13. The molecule has 2 aromatic carbocycles. The highest BCUT2D eigenvalue weighted by molar-refractivity contribution is 6.02. The van der Waals surface area contributed by atoms with E-state index in [9.17, 15) is 9.59 Å². The molecule has 0 atom stereocenters. The molecule has 2 aromatic heterocycles. The van der Waals surface area contributed by atoms with E-state index < -0.39 is 17.7 Å². The lowest BCUT2D eigenvalue weighted by Crippen LogP contribution is -2.27. The Morgan fingerprint density at radius 1 is 0.921 bits per heavy atom. The summed E-state index contributed by atoms with van der Waals surface area (Å²) in [7, 11) is 0. The minimum Gasteiger partial charge on any atom is -0.488 e. The van der Waals surface area contributed by atoms with Crippen molar-refractivity contribution in [2.24, 2.45) is 0 Å². The lowest BCUT2D eigenvalue weighted by Gasteiger charge is -2.20. The van der Waals surface area contributed by atoms with E-state index in [0.29, 0.717) is 23.1 Å². The summed E-state index contributed by atoms with van der Waals surface area (Å²) >= 11 is 0. The van der Waals surface area contributed by atoms with Gasteiger partial charge in [0.15, 0.2) is 5.69 Å². The fourth-order valence-corrected chi connectivity index (χ4v) is 3.55. The molecule has 0 saturated heterocycles. The molecule has 2 N–H and O–H groups in total. The second kappa shape index (κ2) is 11.5. The Labute approximate surface area is 220 Å². The number of carbonyl (C=O) groups excluding carboxylic acids is 2. The van der Waals surface area contributed by atoms with Crippen LogP contribution in [-0.4, -0.2) is 39.2 Å². The van der Waals surface area contributed by atoms with E-state index in [1.54, 1.807) is 19.2 Å². The largest absolute Gasteiger partial charge is 0.488 e. The average Bonchev–Trinajstić information content (AvgIpc) is 2.88. The van der Waals surface area contributed by atoms with Crippen LogP contribution in [-0.2, 0) is 16.1 Å². The maximum Gasteiger partial charge on any atom is 0.412 e. The normalized spacial score (nSPS) is 11.1. The van der Waals surface area contributed by atoms with E-state index in [-0.39, 0.29) is 18.9 Å². The Morgan fingerprint density at radius 3 is 2.42 bits per heavy atom. The van der Waals surface area contributed by atoms with Gasteiger partial charge in [-0.2, -0.15) is 0 Å². The van der Waals surface area contributed by atoms with Gasteiger partial charge in [-0.15, -0.1) is 0 Å². The topological polar surface area (TPSA) is 125 Å². The highest BCUT2D eigenvalue weighted by Crippen LogP contribution is 2.32. The lowest BCUT2D eigenvalue weighted by atomic mass is 10.1. The number of ether oxygens (including phenoxy) is 3. The number of nitrogens with one attached hydrogen (secondary N) is 2. The Balaban J connectivity index is 1.44. The Morgan fingerprint density at radius 2 is 1.71 bits per heavy atom. The molecule has 0 bridgehead atoms. The second-order valence-electron chi connectivity index (χ2n) is 9.25. The van der Waals surface area contributed by atoms with Crippen LogP contribution in [0.25, 0.3) is 10.8 Å². The van der Waals surface area contributed by atoms with Crippen LogP contribution >= 0.6 is 0 Å². The SMILES string of the molecule is CCOC(=O)c1cnc(Nc2cc(COc3ccc(NC(=O)OC(C)(C)C)c4ccccc34)ccn2)cn1. The Bertz CT molecular complexity index is 1430. The number of pyridine rings is 1. The molecule has 10 nitrogen and oxygen atoms in total. The number of amides is 1. The maximum atomic E-state index is 12.3. The number of esters is 1. The first-order valence-electron chi connectivity index (χ1n) is 12.1. The molecule has 0 aliphatic rings. The molecule has 4 rings (SSSR count). The summed E-state index contributed by atoms with van der Waals surface area (Å²) in [5, 5.41) is 7.57. The third kappa shape index (κ3) is 6.94. The van der Waals surface area contributed by atoms with Crippen molar-refractivity contribution in [1.29, 1.82) is 0 Å². The van der Waals surface area contributed by atoms with Crippen molar-refractivity contribution in [3.63, 3.8) is 0 Å². The summed E-state index contributed by atoms with van der Waals surface area (Å²) in [6.45, 7) is 7.73. The van der Waals surface area contributed by atoms with Gasteiger partial charge in [0, 0.05) is 17.0 Å². The molecule has 38 heavy (non-hydrogen) atoms. The third-order valence-electron chi connectivity index (χ3n) is 5.13. The number of carbonyl (C=O) groups is 2.